The van der Waals surface area contributed by atoms with Gasteiger partial charge in [0.1, 0.15) is 0 Å². The van der Waals surface area contributed by atoms with Gasteiger partial charge < -0.3 is 24.0 Å². The van der Waals surface area contributed by atoms with E-state index in [9.17, 15) is 4.79 Å². The van der Waals surface area contributed by atoms with Crippen molar-refractivity contribution >= 4 is 17.5 Å². The Balaban J connectivity index is 1.17. The van der Waals surface area contributed by atoms with Gasteiger partial charge in [-0.1, -0.05) is 0 Å². The lowest BCUT2D eigenvalue weighted by atomic mass is 10.1. The Hall–Kier alpha value is -3.39. The van der Waals surface area contributed by atoms with Crippen LogP contribution < -0.4 is 9.80 Å². The summed E-state index contributed by atoms with van der Waals surface area (Å²) in [7, 11) is 0. The maximum absolute atomic E-state index is 12.9. The van der Waals surface area contributed by atoms with Gasteiger partial charge in [0.2, 0.25) is 0 Å². The molecule has 4 heterocycles. The highest BCUT2D eigenvalue weighted by atomic mass is 16.5. The zero-order valence-electron chi connectivity index (χ0n) is 17.4. The van der Waals surface area contributed by atoms with Crippen LogP contribution in [0.1, 0.15) is 10.4 Å². The number of hydrogen-bond acceptors (Lipinski definition) is 6. The lowest BCUT2D eigenvalue weighted by molar-refractivity contribution is 0.0746. The minimum atomic E-state index is 0.0763. The van der Waals surface area contributed by atoms with Crippen LogP contribution in [0, 0.1) is 0 Å². The summed E-state index contributed by atoms with van der Waals surface area (Å²) in [4.78, 5) is 19.2. The van der Waals surface area contributed by atoms with E-state index in [1.807, 2.05) is 70.4 Å². The topological polar surface area (TPSA) is 66.7 Å². The van der Waals surface area contributed by atoms with Gasteiger partial charge in [-0.25, -0.2) is 0 Å². The van der Waals surface area contributed by atoms with E-state index in [1.165, 1.54) is 0 Å². The summed E-state index contributed by atoms with van der Waals surface area (Å²) in [6.07, 6.45) is 3.98. The number of anilines is 2. The van der Waals surface area contributed by atoms with Crippen molar-refractivity contribution in [2.24, 2.45) is 0 Å². The van der Waals surface area contributed by atoms with Crippen molar-refractivity contribution in [3.63, 3.8) is 0 Å². The van der Waals surface area contributed by atoms with Crippen molar-refractivity contribution in [2.45, 2.75) is 0 Å². The molecule has 0 unspecified atom stereocenters. The SMILES string of the molecule is O=C(c1ccc(-n2cccc2)cc1)N1CCN(c2ccc(N3CCOCC3)nn2)CC1. The molecular weight excluding hydrogens is 392 g/mol. The van der Waals surface area contributed by atoms with Crippen LogP contribution in [0.2, 0.25) is 0 Å². The van der Waals surface area contributed by atoms with Gasteiger partial charge in [-0.15, -0.1) is 10.2 Å². The number of nitrogens with zero attached hydrogens (tertiary/aromatic N) is 6. The Labute approximate surface area is 181 Å². The van der Waals surface area contributed by atoms with E-state index in [1.54, 1.807) is 0 Å². The van der Waals surface area contributed by atoms with Crippen LogP contribution in [0.5, 0.6) is 0 Å². The Morgan fingerprint density at radius 3 is 1.90 bits per heavy atom. The monoisotopic (exact) mass is 418 g/mol. The average molecular weight is 419 g/mol. The van der Waals surface area contributed by atoms with Crippen molar-refractivity contribution in [1.29, 1.82) is 0 Å². The minimum absolute atomic E-state index is 0.0763. The number of amides is 1. The fourth-order valence-corrected chi connectivity index (χ4v) is 4.05. The Morgan fingerprint density at radius 1 is 0.742 bits per heavy atom. The molecule has 5 rings (SSSR count). The van der Waals surface area contributed by atoms with Crippen LogP contribution in [-0.4, -0.2) is 78.1 Å². The van der Waals surface area contributed by atoms with E-state index in [-0.39, 0.29) is 5.91 Å². The Bertz CT molecular complexity index is 990. The maximum atomic E-state index is 12.9. The molecule has 2 fully saturated rings. The second-order valence-corrected chi connectivity index (χ2v) is 7.77. The summed E-state index contributed by atoms with van der Waals surface area (Å²) in [5.74, 6) is 1.83. The van der Waals surface area contributed by atoms with Crippen LogP contribution in [0.4, 0.5) is 11.6 Å². The molecule has 8 heteroatoms. The van der Waals surface area contributed by atoms with Gasteiger partial charge in [-0.3, -0.25) is 4.79 Å². The second kappa shape index (κ2) is 8.77. The third-order valence-electron chi connectivity index (χ3n) is 5.88. The van der Waals surface area contributed by atoms with E-state index >= 15 is 0 Å². The molecule has 2 aromatic heterocycles. The van der Waals surface area contributed by atoms with Crippen molar-refractivity contribution < 1.29 is 9.53 Å². The van der Waals surface area contributed by atoms with Crippen molar-refractivity contribution in [1.82, 2.24) is 19.7 Å². The van der Waals surface area contributed by atoms with Crippen molar-refractivity contribution in [3.8, 4) is 5.69 Å². The minimum Gasteiger partial charge on any atom is -0.378 e. The fraction of sp³-hybridized carbons (Fsp3) is 0.348. The standard InChI is InChI=1S/C23H26N6O2/c30-23(19-3-5-20(6-4-19)26-9-1-2-10-26)29-13-11-27(12-14-29)21-7-8-22(25-24-21)28-15-17-31-18-16-28/h1-10H,11-18H2. The third kappa shape index (κ3) is 4.25. The molecule has 0 N–H and O–H groups in total. The molecule has 0 spiro atoms. The van der Waals surface area contributed by atoms with Gasteiger partial charge in [0.05, 0.1) is 13.2 Å². The number of ether oxygens (including phenoxy) is 1. The van der Waals surface area contributed by atoms with Gasteiger partial charge in [0.25, 0.3) is 5.91 Å². The van der Waals surface area contributed by atoms with Crippen molar-refractivity contribution in [3.05, 3.63) is 66.5 Å². The highest BCUT2D eigenvalue weighted by molar-refractivity contribution is 5.94. The van der Waals surface area contributed by atoms with E-state index in [0.29, 0.717) is 13.1 Å². The molecule has 2 saturated heterocycles. The Morgan fingerprint density at radius 2 is 1.32 bits per heavy atom. The summed E-state index contributed by atoms with van der Waals surface area (Å²) in [5.41, 5.74) is 1.77. The smallest absolute Gasteiger partial charge is 0.253 e. The number of piperazine rings is 1. The summed E-state index contributed by atoms with van der Waals surface area (Å²) < 4.78 is 7.42. The first-order valence-electron chi connectivity index (χ1n) is 10.7. The van der Waals surface area contributed by atoms with Gasteiger partial charge in [-0.05, 0) is 48.5 Å². The number of aromatic nitrogens is 3. The number of benzene rings is 1. The second-order valence-electron chi connectivity index (χ2n) is 7.77. The molecule has 0 bridgehead atoms. The van der Waals surface area contributed by atoms with Crippen LogP contribution >= 0.6 is 0 Å². The fourth-order valence-electron chi connectivity index (χ4n) is 4.05. The third-order valence-corrected chi connectivity index (χ3v) is 5.88. The average Bonchev–Trinajstić information content (AvgIpc) is 3.40. The molecule has 0 atom stereocenters. The van der Waals surface area contributed by atoms with Gasteiger partial charge in [-0.2, -0.15) is 0 Å². The molecule has 8 nitrogen and oxygen atoms in total. The van der Waals surface area contributed by atoms with Gasteiger partial charge in [0, 0.05) is 62.9 Å². The quantitative estimate of drug-likeness (QED) is 0.646. The summed E-state index contributed by atoms with van der Waals surface area (Å²) in [5, 5.41) is 8.83. The zero-order chi connectivity index (χ0) is 21.0. The van der Waals surface area contributed by atoms with E-state index in [2.05, 4.69) is 20.0 Å². The number of rotatable bonds is 4. The van der Waals surface area contributed by atoms with Crippen molar-refractivity contribution in [2.75, 3.05) is 62.3 Å². The van der Waals surface area contributed by atoms with Crippen LogP contribution in [0.15, 0.2) is 60.9 Å². The molecule has 2 aliphatic heterocycles. The largest absolute Gasteiger partial charge is 0.378 e. The number of hydrogen-bond donors (Lipinski definition) is 0. The molecule has 160 valence electrons. The normalized spacial score (nSPS) is 17.1. The van der Waals surface area contributed by atoms with Crippen LogP contribution in [-0.2, 0) is 4.74 Å². The first-order valence-corrected chi connectivity index (χ1v) is 10.7. The van der Waals surface area contributed by atoms with Crippen LogP contribution in [0.25, 0.3) is 5.69 Å². The highest BCUT2D eigenvalue weighted by Crippen LogP contribution is 2.19. The first kappa shape index (κ1) is 19.6. The molecule has 0 aliphatic carbocycles. The summed E-state index contributed by atoms with van der Waals surface area (Å²) in [6, 6.07) is 15.8. The number of morpholine rings is 1. The molecule has 1 amide bonds. The molecule has 0 saturated carbocycles. The first-order chi connectivity index (χ1) is 15.3. The molecule has 1 aromatic carbocycles. The maximum Gasteiger partial charge on any atom is 0.253 e. The lowest BCUT2D eigenvalue weighted by Gasteiger charge is -2.35. The highest BCUT2D eigenvalue weighted by Gasteiger charge is 2.23. The summed E-state index contributed by atoms with van der Waals surface area (Å²) in [6.45, 7) is 6.00. The van der Waals surface area contributed by atoms with E-state index in [4.69, 9.17) is 4.74 Å². The molecule has 2 aliphatic rings. The molecular formula is C23H26N6O2. The van der Waals surface area contributed by atoms with E-state index < -0.39 is 0 Å². The predicted octanol–water partition coefficient (Wildman–Crippen LogP) is 2.07. The molecule has 31 heavy (non-hydrogen) atoms. The lowest BCUT2D eigenvalue weighted by Crippen LogP contribution is -2.49. The number of carbonyl (C=O) groups excluding carboxylic acids is 1. The number of carbonyl (C=O) groups is 1. The summed E-state index contributed by atoms with van der Waals surface area (Å²) >= 11 is 0. The van der Waals surface area contributed by atoms with Crippen LogP contribution in [0.3, 0.4) is 0 Å². The van der Waals surface area contributed by atoms with Gasteiger partial charge in [0.15, 0.2) is 11.6 Å². The van der Waals surface area contributed by atoms with E-state index in [0.717, 1.165) is 62.3 Å². The molecule has 0 radical (unpaired) electrons. The van der Waals surface area contributed by atoms with Gasteiger partial charge >= 0.3 is 0 Å². The predicted molar refractivity (Wildman–Crippen MR) is 119 cm³/mol. The Kier molecular flexibility index (Phi) is 5.54. The zero-order valence-corrected chi connectivity index (χ0v) is 17.4. The molecule has 3 aromatic rings.